The first kappa shape index (κ1) is 16.0. The second-order valence-electron chi connectivity index (χ2n) is 5.95. The number of aryl methyl sites for hydroxylation is 1. The molecule has 1 fully saturated rings. The van der Waals surface area contributed by atoms with Crippen LogP contribution in [0.25, 0.3) is 0 Å². The van der Waals surface area contributed by atoms with Gasteiger partial charge in [-0.15, -0.1) is 0 Å². The Bertz CT molecular complexity index is 452. The fraction of sp³-hybridized carbons (Fsp3) is 0.588. The molecule has 2 rings (SSSR count). The Balaban J connectivity index is 1.70. The van der Waals surface area contributed by atoms with Crippen LogP contribution in [0.3, 0.4) is 0 Å². The van der Waals surface area contributed by atoms with Gasteiger partial charge < -0.3 is 15.4 Å². The van der Waals surface area contributed by atoms with E-state index in [0.717, 1.165) is 12.8 Å². The quantitative estimate of drug-likeness (QED) is 0.755. The molecule has 1 saturated carbocycles. The van der Waals surface area contributed by atoms with Gasteiger partial charge in [0.15, 0.2) is 0 Å². The summed E-state index contributed by atoms with van der Waals surface area (Å²) in [5.41, 5.74) is 2.71. The molecule has 1 unspecified atom stereocenters. The van der Waals surface area contributed by atoms with E-state index in [0.29, 0.717) is 25.1 Å². The number of ether oxygens (including phenoxy) is 1. The summed E-state index contributed by atoms with van der Waals surface area (Å²) < 4.78 is 4.92. The van der Waals surface area contributed by atoms with E-state index in [1.165, 1.54) is 11.1 Å². The van der Waals surface area contributed by atoms with Crippen molar-refractivity contribution in [2.24, 2.45) is 0 Å². The molecule has 0 bridgehead atoms. The molecule has 0 radical (unpaired) electrons. The second-order valence-corrected chi connectivity index (χ2v) is 5.95. The Morgan fingerprint density at radius 2 is 2.00 bits per heavy atom. The van der Waals surface area contributed by atoms with Crippen LogP contribution in [-0.2, 0) is 9.53 Å². The summed E-state index contributed by atoms with van der Waals surface area (Å²) >= 11 is 0. The van der Waals surface area contributed by atoms with E-state index in [1.54, 1.807) is 7.11 Å². The zero-order valence-corrected chi connectivity index (χ0v) is 13.2. The SMILES string of the molecule is COCCNC(=O)C(C)NC1CC(c2ccc(C)cc2)C1. The van der Waals surface area contributed by atoms with Crippen LogP contribution in [0.15, 0.2) is 24.3 Å². The highest BCUT2D eigenvalue weighted by atomic mass is 16.5. The lowest BCUT2D eigenvalue weighted by atomic mass is 9.75. The number of nitrogens with one attached hydrogen (secondary N) is 2. The largest absolute Gasteiger partial charge is 0.383 e. The molecule has 4 heteroatoms. The first-order valence-corrected chi connectivity index (χ1v) is 7.69. The maximum Gasteiger partial charge on any atom is 0.236 e. The molecule has 0 aliphatic heterocycles. The molecule has 1 aromatic rings. The Morgan fingerprint density at radius 1 is 1.33 bits per heavy atom. The highest BCUT2D eigenvalue weighted by molar-refractivity contribution is 5.81. The fourth-order valence-electron chi connectivity index (χ4n) is 2.72. The monoisotopic (exact) mass is 290 g/mol. The lowest BCUT2D eigenvalue weighted by Crippen LogP contribution is -2.51. The maximum atomic E-state index is 11.9. The van der Waals surface area contributed by atoms with Crippen molar-refractivity contribution in [3.8, 4) is 0 Å². The highest BCUT2D eigenvalue weighted by Gasteiger charge is 2.31. The third-order valence-electron chi connectivity index (χ3n) is 4.17. The summed E-state index contributed by atoms with van der Waals surface area (Å²) in [6.07, 6.45) is 2.22. The summed E-state index contributed by atoms with van der Waals surface area (Å²) in [5, 5.41) is 6.26. The smallest absolute Gasteiger partial charge is 0.236 e. The lowest BCUT2D eigenvalue weighted by Gasteiger charge is -2.38. The summed E-state index contributed by atoms with van der Waals surface area (Å²) in [4.78, 5) is 11.9. The standard InChI is InChI=1S/C17H26N2O2/c1-12-4-6-14(7-5-12)15-10-16(11-15)19-13(2)17(20)18-8-9-21-3/h4-7,13,15-16,19H,8-11H2,1-3H3,(H,18,20). The predicted octanol–water partition coefficient (Wildman–Crippen LogP) is 1.98. The van der Waals surface area contributed by atoms with Gasteiger partial charge in [-0.25, -0.2) is 0 Å². The van der Waals surface area contributed by atoms with Crippen LogP contribution in [0.2, 0.25) is 0 Å². The van der Waals surface area contributed by atoms with Gasteiger partial charge in [0.2, 0.25) is 5.91 Å². The minimum Gasteiger partial charge on any atom is -0.383 e. The van der Waals surface area contributed by atoms with Crippen molar-refractivity contribution in [2.75, 3.05) is 20.3 Å². The van der Waals surface area contributed by atoms with E-state index in [1.807, 2.05) is 6.92 Å². The zero-order chi connectivity index (χ0) is 15.2. The lowest BCUT2D eigenvalue weighted by molar-refractivity contribution is -0.123. The minimum atomic E-state index is -0.147. The van der Waals surface area contributed by atoms with Crippen molar-refractivity contribution in [3.05, 3.63) is 35.4 Å². The summed E-state index contributed by atoms with van der Waals surface area (Å²) in [5.74, 6) is 0.678. The summed E-state index contributed by atoms with van der Waals surface area (Å²) in [6.45, 7) is 5.15. The highest BCUT2D eigenvalue weighted by Crippen LogP contribution is 2.37. The summed E-state index contributed by atoms with van der Waals surface area (Å²) in [7, 11) is 1.63. The van der Waals surface area contributed by atoms with E-state index in [9.17, 15) is 4.79 Å². The van der Waals surface area contributed by atoms with Crippen LogP contribution >= 0.6 is 0 Å². The number of hydrogen-bond acceptors (Lipinski definition) is 3. The summed E-state index contributed by atoms with van der Waals surface area (Å²) in [6, 6.07) is 9.07. The molecular weight excluding hydrogens is 264 g/mol. The minimum absolute atomic E-state index is 0.0471. The molecule has 116 valence electrons. The van der Waals surface area contributed by atoms with Crippen molar-refractivity contribution in [3.63, 3.8) is 0 Å². The van der Waals surface area contributed by atoms with Crippen LogP contribution in [0.5, 0.6) is 0 Å². The molecule has 0 saturated heterocycles. The topological polar surface area (TPSA) is 50.4 Å². The van der Waals surface area contributed by atoms with E-state index in [2.05, 4.69) is 41.8 Å². The van der Waals surface area contributed by atoms with Gasteiger partial charge in [-0.05, 0) is 38.2 Å². The van der Waals surface area contributed by atoms with Crippen LogP contribution in [0.4, 0.5) is 0 Å². The van der Waals surface area contributed by atoms with Crippen LogP contribution in [0.1, 0.15) is 36.8 Å². The molecule has 1 aliphatic carbocycles. The van der Waals surface area contributed by atoms with Crippen molar-refractivity contribution in [2.45, 2.75) is 44.7 Å². The second kappa shape index (κ2) is 7.57. The molecule has 4 nitrogen and oxygen atoms in total. The normalized spacial score (nSPS) is 22.4. The number of carbonyl (C=O) groups excluding carboxylic acids is 1. The number of benzene rings is 1. The van der Waals surface area contributed by atoms with Crippen molar-refractivity contribution < 1.29 is 9.53 Å². The van der Waals surface area contributed by atoms with Gasteiger partial charge in [0.1, 0.15) is 0 Å². The molecule has 2 N–H and O–H groups in total. The molecule has 0 aromatic heterocycles. The maximum absolute atomic E-state index is 11.9. The fourth-order valence-corrected chi connectivity index (χ4v) is 2.72. The van der Waals surface area contributed by atoms with Crippen LogP contribution in [0, 0.1) is 6.92 Å². The van der Waals surface area contributed by atoms with Crippen molar-refractivity contribution in [1.29, 1.82) is 0 Å². The molecule has 1 aliphatic rings. The van der Waals surface area contributed by atoms with Crippen LogP contribution in [-0.4, -0.2) is 38.3 Å². The Hall–Kier alpha value is -1.39. The molecular formula is C17H26N2O2. The van der Waals surface area contributed by atoms with Gasteiger partial charge in [0.05, 0.1) is 12.6 Å². The molecule has 1 amide bonds. The van der Waals surface area contributed by atoms with Crippen molar-refractivity contribution in [1.82, 2.24) is 10.6 Å². The average molecular weight is 290 g/mol. The Labute approximate surface area is 127 Å². The van der Waals surface area contributed by atoms with Gasteiger partial charge in [-0.1, -0.05) is 29.8 Å². The van der Waals surface area contributed by atoms with E-state index in [-0.39, 0.29) is 11.9 Å². The molecule has 21 heavy (non-hydrogen) atoms. The molecule has 1 atom stereocenters. The van der Waals surface area contributed by atoms with Gasteiger partial charge in [0.25, 0.3) is 0 Å². The predicted molar refractivity (Wildman–Crippen MR) is 84.4 cm³/mol. The number of methoxy groups -OCH3 is 1. The Kier molecular flexibility index (Phi) is 5.76. The van der Waals surface area contributed by atoms with Gasteiger partial charge >= 0.3 is 0 Å². The molecule has 0 heterocycles. The van der Waals surface area contributed by atoms with Gasteiger partial charge in [0, 0.05) is 19.7 Å². The Morgan fingerprint density at radius 3 is 2.62 bits per heavy atom. The van der Waals surface area contributed by atoms with Crippen LogP contribution < -0.4 is 10.6 Å². The average Bonchev–Trinajstić information content (AvgIpc) is 2.43. The van der Waals surface area contributed by atoms with Crippen molar-refractivity contribution >= 4 is 5.91 Å². The van der Waals surface area contributed by atoms with E-state index >= 15 is 0 Å². The number of rotatable bonds is 7. The third-order valence-corrected chi connectivity index (χ3v) is 4.17. The number of carbonyl (C=O) groups is 1. The van der Waals surface area contributed by atoms with Gasteiger partial charge in [-0.3, -0.25) is 4.79 Å². The first-order valence-electron chi connectivity index (χ1n) is 7.69. The first-order chi connectivity index (χ1) is 10.1. The third kappa shape index (κ3) is 4.55. The van der Waals surface area contributed by atoms with Gasteiger partial charge in [-0.2, -0.15) is 0 Å². The van der Waals surface area contributed by atoms with E-state index in [4.69, 9.17) is 4.74 Å². The number of amides is 1. The van der Waals surface area contributed by atoms with E-state index < -0.39 is 0 Å². The molecule has 1 aromatic carbocycles. The molecule has 0 spiro atoms. The number of hydrogen-bond donors (Lipinski definition) is 2. The zero-order valence-electron chi connectivity index (χ0n) is 13.2.